The first-order valence-corrected chi connectivity index (χ1v) is 11.6. The molecule has 8 nitrogen and oxygen atoms in total. The predicted molar refractivity (Wildman–Crippen MR) is 123 cm³/mol. The Morgan fingerprint density at radius 1 is 1.03 bits per heavy atom. The van der Waals surface area contributed by atoms with Crippen LogP contribution in [0.15, 0.2) is 48.5 Å². The van der Waals surface area contributed by atoms with E-state index in [-0.39, 0.29) is 24.5 Å². The van der Waals surface area contributed by atoms with Crippen LogP contribution in [-0.4, -0.2) is 54.0 Å². The van der Waals surface area contributed by atoms with Crippen molar-refractivity contribution >= 4 is 18.0 Å². The van der Waals surface area contributed by atoms with Gasteiger partial charge in [0.2, 0.25) is 5.91 Å². The standard InChI is InChI=1S/C26H28N2O6/c29-12-21(22(30)31)28-23(32)26(14-25(26)10-5-11-25)15-27-24(33)34-13-20-18-8-3-1-6-16(18)17-7-2-4-9-19(17)20/h1-4,6-9,20-21,29H,5,10-15H2,(H,27,33)(H,28,32)(H,30,31)/t21-,26?/m1/s1. The molecule has 3 aliphatic carbocycles. The Morgan fingerprint density at radius 2 is 1.65 bits per heavy atom. The van der Waals surface area contributed by atoms with Gasteiger partial charge in [0.25, 0.3) is 0 Å². The zero-order chi connectivity index (χ0) is 23.9. The van der Waals surface area contributed by atoms with Crippen LogP contribution in [0.2, 0.25) is 0 Å². The first-order chi connectivity index (χ1) is 16.4. The van der Waals surface area contributed by atoms with Crippen LogP contribution in [0.3, 0.4) is 0 Å². The Hall–Kier alpha value is -3.39. The highest BCUT2D eigenvalue weighted by molar-refractivity contribution is 5.91. The number of rotatable bonds is 8. The summed E-state index contributed by atoms with van der Waals surface area (Å²) in [6.07, 6.45) is 2.72. The molecule has 3 aliphatic rings. The fourth-order valence-electron chi connectivity index (χ4n) is 5.80. The third kappa shape index (κ3) is 3.53. The minimum absolute atomic E-state index is 0.0600. The van der Waals surface area contributed by atoms with Crippen molar-refractivity contribution in [1.82, 2.24) is 10.6 Å². The quantitative estimate of drug-likeness (QED) is 0.476. The maximum absolute atomic E-state index is 13.0. The molecule has 178 valence electrons. The molecule has 1 spiro atoms. The smallest absolute Gasteiger partial charge is 0.407 e. The van der Waals surface area contributed by atoms with Gasteiger partial charge in [-0.3, -0.25) is 4.79 Å². The van der Waals surface area contributed by atoms with Crippen LogP contribution < -0.4 is 10.6 Å². The van der Waals surface area contributed by atoms with Crippen molar-refractivity contribution in [2.45, 2.75) is 37.6 Å². The second kappa shape index (κ2) is 8.43. The van der Waals surface area contributed by atoms with Crippen molar-refractivity contribution in [3.8, 4) is 11.1 Å². The molecule has 0 aromatic heterocycles. The van der Waals surface area contributed by atoms with Gasteiger partial charge in [-0.15, -0.1) is 0 Å². The molecule has 2 amide bonds. The van der Waals surface area contributed by atoms with Crippen LogP contribution in [0.1, 0.15) is 42.7 Å². The van der Waals surface area contributed by atoms with Gasteiger partial charge in [0.05, 0.1) is 12.0 Å². The molecule has 8 heteroatoms. The molecule has 0 radical (unpaired) electrons. The molecule has 2 fully saturated rings. The van der Waals surface area contributed by atoms with Crippen LogP contribution in [-0.2, 0) is 14.3 Å². The highest BCUT2D eigenvalue weighted by Crippen LogP contribution is 2.73. The summed E-state index contributed by atoms with van der Waals surface area (Å²) < 4.78 is 5.59. The lowest BCUT2D eigenvalue weighted by molar-refractivity contribution is -0.144. The topological polar surface area (TPSA) is 125 Å². The van der Waals surface area contributed by atoms with E-state index in [0.717, 1.165) is 41.5 Å². The number of carboxylic acid groups (broad SMARTS) is 1. The van der Waals surface area contributed by atoms with Crippen LogP contribution >= 0.6 is 0 Å². The van der Waals surface area contributed by atoms with Crippen LogP contribution in [0.5, 0.6) is 0 Å². The van der Waals surface area contributed by atoms with Crippen LogP contribution in [0.25, 0.3) is 11.1 Å². The second-order valence-electron chi connectivity index (χ2n) is 9.62. The summed E-state index contributed by atoms with van der Waals surface area (Å²) in [5, 5.41) is 23.6. The van der Waals surface area contributed by atoms with E-state index in [0.29, 0.717) is 6.42 Å². The van der Waals surface area contributed by atoms with Gasteiger partial charge in [-0.25, -0.2) is 9.59 Å². The Balaban J connectivity index is 1.23. The average molecular weight is 465 g/mol. The predicted octanol–water partition coefficient (Wildman–Crippen LogP) is 2.65. The van der Waals surface area contributed by atoms with Gasteiger partial charge in [0, 0.05) is 12.5 Å². The summed E-state index contributed by atoms with van der Waals surface area (Å²) in [5.41, 5.74) is 3.46. The molecule has 0 heterocycles. The van der Waals surface area contributed by atoms with Crippen molar-refractivity contribution in [3.05, 3.63) is 59.7 Å². The number of hydrogen-bond acceptors (Lipinski definition) is 5. The van der Waals surface area contributed by atoms with E-state index in [1.165, 1.54) is 0 Å². The summed E-state index contributed by atoms with van der Waals surface area (Å²) in [7, 11) is 0. The van der Waals surface area contributed by atoms with Gasteiger partial charge in [-0.05, 0) is 46.9 Å². The number of aliphatic carboxylic acids is 1. The maximum Gasteiger partial charge on any atom is 0.407 e. The fourth-order valence-corrected chi connectivity index (χ4v) is 5.80. The highest BCUT2D eigenvalue weighted by Gasteiger charge is 2.73. The van der Waals surface area contributed by atoms with Gasteiger partial charge >= 0.3 is 12.1 Å². The van der Waals surface area contributed by atoms with E-state index in [4.69, 9.17) is 4.74 Å². The lowest BCUT2D eigenvalue weighted by Crippen LogP contribution is -2.51. The monoisotopic (exact) mass is 464 g/mol. The molecular formula is C26H28N2O6. The average Bonchev–Trinajstić information content (AvgIpc) is 3.44. The summed E-state index contributed by atoms with van der Waals surface area (Å²) in [4.78, 5) is 36.9. The van der Waals surface area contributed by atoms with Gasteiger partial charge in [0.15, 0.2) is 0 Å². The molecule has 2 saturated carbocycles. The Bertz CT molecular complexity index is 1100. The van der Waals surface area contributed by atoms with Crippen LogP contribution in [0.4, 0.5) is 4.79 Å². The summed E-state index contributed by atoms with van der Waals surface area (Å²) in [6.45, 7) is -0.437. The summed E-state index contributed by atoms with van der Waals surface area (Å²) in [6, 6.07) is 14.8. The highest BCUT2D eigenvalue weighted by atomic mass is 16.5. The van der Waals surface area contributed by atoms with Crippen molar-refractivity contribution in [1.29, 1.82) is 0 Å². The van der Waals surface area contributed by atoms with E-state index in [2.05, 4.69) is 22.8 Å². The van der Waals surface area contributed by atoms with E-state index in [9.17, 15) is 24.6 Å². The number of alkyl carbamates (subject to hydrolysis) is 1. The molecule has 2 aromatic rings. The number of benzene rings is 2. The number of hydrogen-bond donors (Lipinski definition) is 4. The molecule has 2 atom stereocenters. The molecule has 0 saturated heterocycles. The molecule has 4 N–H and O–H groups in total. The van der Waals surface area contributed by atoms with E-state index >= 15 is 0 Å². The number of carboxylic acids is 1. The summed E-state index contributed by atoms with van der Waals surface area (Å²) in [5.74, 6) is -1.79. The number of carbonyl (C=O) groups excluding carboxylic acids is 2. The van der Waals surface area contributed by atoms with Crippen molar-refractivity contribution in [2.24, 2.45) is 10.8 Å². The van der Waals surface area contributed by atoms with Crippen molar-refractivity contribution in [3.63, 3.8) is 0 Å². The van der Waals surface area contributed by atoms with E-state index < -0.39 is 36.0 Å². The number of carbonyl (C=O) groups is 3. The first kappa shape index (κ1) is 22.4. The van der Waals surface area contributed by atoms with Gasteiger partial charge in [-0.2, -0.15) is 0 Å². The number of ether oxygens (including phenoxy) is 1. The zero-order valence-electron chi connectivity index (χ0n) is 18.8. The van der Waals surface area contributed by atoms with Gasteiger partial charge in [-0.1, -0.05) is 55.0 Å². The Kier molecular flexibility index (Phi) is 5.56. The molecule has 1 unspecified atom stereocenters. The fraction of sp³-hybridized carbons (Fsp3) is 0.423. The molecule has 5 rings (SSSR count). The Labute approximate surface area is 197 Å². The molecule has 0 bridgehead atoms. The number of amides is 2. The van der Waals surface area contributed by atoms with Crippen LogP contribution in [0, 0.1) is 10.8 Å². The third-order valence-corrected chi connectivity index (χ3v) is 7.94. The molecule has 2 aromatic carbocycles. The SMILES string of the molecule is O=C(NCC1(C(=O)N[C@H](CO)C(=O)O)CC12CCC2)OCC1c2ccccc2-c2ccccc21. The zero-order valence-corrected chi connectivity index (χ0v) is 18.8. The lowest BCUT2D eigenvalue weighted by Gasteiger charge is -2.33. The molecule has 34 heavy (non-hydrogen) atoms. The maximum atomic E-state index is 13.0. The number of aliphatic hydroxyl groups is 1. The first-order valence-electron chi connectivity index (χ1n) is 11.6. The molecular weight excluding hydrogens is 436 g/mol. The number of fused-ring (bicyclic) bond motifs is 3. The number of aliphatic hydroxyl groups excluding tert-OH is 1. The molecule has 0 aliphatic heterocycles. The van der Waals surface area contributed by atoms with Crippen molar-refractivity contribution in [2.75, 3.05) is 19.8 Å². The van der Waals surface area contributed by atoms with Gasteiger partial charge in [0.1, 0.15) is 12.6 Å². The van der Waals surface area contributed by atoms with Crippen molar-refractivity contribution < 1.29 is 29.3 Å². The largest absolute Gasteiger partial charge is 0.480 e. The lowest BCUT2D eigenvalue weighted by atomic mass is 9.74. The van der Waals surface area contributed by atoms with E-state index in [1.54, 1.807) is 0 Å². The minimum Gasteiger partial charge on any atom is -0.480 e. The normalized spacial score (nSPS) is 22.1. The Morgan fingerprint density at radius 3 is 2.15 bits per heavy atom. The van der Waals surface area contributed by atoms with E-state index in [1.807, 2.05) is 36.4 Å². The third-order valence-electron chi connectivity index (χ3n) is 7.94. The second-order valence-corrected chi connectivity index (χ2v) is 9.62. The summed E-state index contributed by atoms with van der Waals surface area (Å²) >= 11 is 0. The number of nitrogens with one attached hydrogen (secondary N) is 2. The minimum atomic E-state index is -1.36. The van der Waals surface area contributed by atoms with Gasteiger partial charge < -0.3 is 25.6 Å².